The Morgan fingerprint density at radius 2 is 1.81 bits per heavy atom. The van der Waals surface area contributed by atoms with Crippen LogP contribution in [-0.2, 0) is 4.79 Å². The number of carbonyl (C=O) groups excluding carboxylic acids is 2. The second-order valence-electron chi connectivity index (χ2n) is 6.36. The molecule has 27 heavy (non-hydrogen) atoms. The fourth-order valence-electron chi connectivity index (χ4n) is 3.01. The van der Waals surface area contributed by atoms with Gasteiger partial charge in [0.1, 0.15) is 17.4 Å². The molecule has 5 nitrogen and oxygen atoms in total. The van der Waals surface area contributed by atoms with Crippen LogP contribution in [0.3, 0.4) is 0 Å². The molecule has 2 aromatic rings. The number of hydrogen-bond acceptors (Lipinski definition) is 3. The van der Waals surface area contributed by atoms with Crippen LogP contribution >= 0.6 is 0 Å². The molecule has 1 fully saturated rings. The summed E-state index contributed by atoms with van der Waals surface area (Å²) in [6.07, 6.45) is 1.15. The maximum Gasteiger partial charge on any atom is 0.258 e. The number of benzene rings is 2. The highest BCUT2D eigenvalue weighted by Crippen LogP contribution is 2.16. The van der Waals surface area contributed by atoms with Gasteiger partial charge in [-0.2, -0.15) is 0 Å². The summed E-state index contributed by atoms with van der Waals surface area (Å²) in [5.41, 5.74) is 0.0588. The van der Waals surface area contributed by atoms with E-state index in [1.54, 1.807) is 23.1 Å². The Hall–Kier alpha value is -2.96. The summed E-state index contributed by atoms with van der Waals surface area (Å²) in [5, 5.41) is 2.84. The molecule has 0 bridgehead atoms. The second kappa shape index (κ2) is 8.62. The summed E-state index contributed by atoms with van der Waals surface area (Å²) in [6, 6.07) is 11.4. The van der Waals surface area contributed by atoms with E-state index in [4.69, 9.17) is 4.74 Å². The topological polar surface area (TPSA) is 58.6 Å². The minimum atomic E-state index is -0.535. The molecule has 0 saturated carbocycles. The van der Waals surface area contributed by atoms with Crippen molar-refractivity contribution < 1.29 is 23.1 Å². The smallest absolute Gasteiger partial charge is 0.258 e. The maximum atomic E-state index is 13.8. The first-order chi connectivity index (χ1) is 13.0. The lowest BCUT2D eigenvalue weighted by Gasteiger charge is -2.32. The van der Waals surface area contributed by atoms with Crippen molar-refractivity contribution in [2.45, 2.75) is 18.9 Å². The van der Waals surface area contributed by atoms with Gasteiger partial charge < -0.3 is 15.0 Å². The van der Waals surface area contributed by atoms with Gasteiger partial charge in [0, 0.05) is 25.2 Å². The van der Waals surface area contributed by atoms with Gasteiger partial charge in [-0.3, -0.25) is 9.59 Å². The second-order valence-corrected chi connectivity index (χ2v) is 6.36. The molecule has 0 spiro atoms. The summed E-state index contributed by atoms with van der Waals surface area (Å²) in [7, 11) is 0. The van der Waals surface area contributed by atoms with E-state index in [0.29, 0.717) is 25.9 Å². The SMILES string of the molecule is O=C(COc1cccc(F)c1)NC1CCN(C(=O)c2ccccc2F)CC1. The van der Waals surface area contributed by atoms with Gasteiger partial charge in [-0.1, -0.05) is 18.2 Å². The van der Waals surface area contributed by atoms with Crippen LogP contribution in [0.1, 0.15) is 23.2 Å². The fraction of sp³-hybridized carbons (Fsp3) is 0.300. The molecule has 3 rings (SSSR count). The van der Waals surface area contributed by atoms with E-state index in [2.05, 4.69) is 5.32 Å². The lowest BCUT2D eigenvalue weighted by Crippen LogP contribution is -2.47. The largest absolute Gasteiger partial charge is 0.484 e. The quantitative estimate of drug-likeness (QED) is 0.876. The molecular weight excluding hydrogens is 354 g/mol. The lowest BCUT2D eigenvalue weighted by molar-refractivity contribution is -0.124. The highest BCUT2D eigenvalue weighted by Gasteiger charge is 2.25. The standard InChI is InChI=1S/C20H20F2N2O3/c21-14-4-3-5-16(12-14)27-13-19(25)23-15-8-10-24(11-9-15)20(26)17-6-1-2-7-18(17)22/h1-7,12,15H,8-11,13H2,(H,23,25). The third-order valence-corrected chi connectivity index (χ3v) is 4.42. The number of carbonyl (C=O) groups is 2. The molecule has 1 aliphatic rings. The number of nitrogens with zero attached hydrogens (tertiary/aromatic N) is 1. The number of ether oxygens (including phenoxy) is 1. The number of hydrogen-bond donors (Lipinski definition) is 1. The first kappa shape index (κ1) is 18.8. The maximum absolute atomic E-state index is 13.8. The number of rotatable bonds is 5. The van der Waals surface area contributed by atoms with Crippen LogP contribution < -0.4 is 10.1 Å². The van der Waals surface area contributed by atoms with E-state index in [1.807, 2.05) is 0 Å². The third-order valence-electron chi connectivity index (χ3n) is 4.42. The van der Waals surface area contributed by atoms with Crippen LogP contribution in [0.15, 0.2) is 48.5 Å². The normalized spacial score (nSPS) is 14.7. The van der Waals surface area contributed by atoms with Crippen molar-refractivity contribution in [1.29, 1.82) is 0 Å². The highest BCUT2D eigenvalue weighted by atomic mass is 19.1. The third kappa shape index (κ3) is 5.03. The molecule has 0 aliphatic carbocycles. The Kier molecular flexibility index (Phi) is 6.01. The number of piperidine rings is 1. The number of nitrogens with one attached hydrogen (secondary N) is 1. The Morgan fingerprint density at radius 1 is 1.07 bits per heavy atom. The van der Waals surface area contributed by atoms with E-state index < -0.39 is 11.6 Å². The summed E-state index contributed by atoms with van der Waals surface area (Å²) in [5.74, 6) is -1.33. The molecule has 7 heteroatoms. The van der Waals surface area contributed by atoms with Gasteiger partial charge in [0.2, 0.25) is 0 Å². The summed E-state index contributed by atoms with van der Waals surface area (Å²) >= 11 is 0. The van der Waals surface area contributed by atoms with Gasteiger partial charge in [-0.15, -0.1) is 0 Å². The van der Waals surface area contributed by atoms with Crippen molar-refractivity contribution in [1.82, 2.24) is 10.2 Å². The first-order valence-corrected chi connectivity index (χ1v) is 8.74. The van der Waals surface area contributed by atoms with E-state index in [1.165, 1.54) is 30.3 Å². The van der Waals surface area contributed by atoms with Crippen molar-refractivity contribution in [3.05, 3.63) is 65.7 Å². The zero-order valence-electron chi connectivity index (χ0n) is 14.7. The van der Waals surface area contributed by atoms with Crippen molar-refractivity contribution >= 4 is 11.8 Å². The van der Waals surface area contributed by atoms with Crippen molar-refractivity contribution in [3.63, 3.8) is 0 Å². The average molecular weight is 374 g/mol. The minimum absolute atomic E-state index is 0.0588. The molecular formula is C20H20F2N2O3. The Balaban J connectivity index is 1.44. The van der Waals surface area contributed by atoms with Crippen LogP contribution in [0.25, 0.3) is 0 Å². The van der Waals surface area contributed by atoms with E-state index in [0.717, 1.165) is 0 Å². The predicted octanol–water partition coefficient (Wildman–Crippen LogP) is 2.76. The lowest BCUT2D eigenvalue weighted by atomic mass is 10.0. The molecule has 1 saturated heterocycles. The zero-order valence-corrected chi connectivity index (χ0v) is 14.7. The molecule has 1 heterocycles. The Labute approximate surface area is 155 Å². The molecule has 2 amide bonds. The van der Waals surface area contributed by atoms with Gasteiger partial charge in [0.15, 0.2) is 6.61 Å². The van der Waals surface area contributed by atoms with Crippen molar-refractivity contribution in [2.24, 2.45) is 0 Å². The fourth-order valence-corrected chi connectivity index (χ4v) is 3.01. The summed E-state index contributed by atoms with van der Waals surface area (Å²) in [4.78, 5) is 26.0. The van der Waals surface area contributed by atoms with Crippen molar-refractivity contribution in [2.75, 3.05) is 19.7 Å². The molecule has 1 N–H and O–H groups in total. The van der Waals surface area contributed by atoms with Gasteiger partial charge >= 0.3 is 0 Å². The molecule has 0 aromatic heterocycles. The molecule has 2 aromatic carbocycles. The first-order valence-electron chi connectivity index (χ1n) is 8.74. The van der Waals surface area contributed by atoms with Crippen LogP contribution in [0, 0.1) is 11.6 Å². The zero-order chi connectivity index (χ0) is 19.2. The molecule has 1 aliphatic heterocycles. The number of amides is 2. The average Bonchev–Trinajstić information content (AvgIpc) is 2.67. The van der Waals surface area contributed by atoms with Crippen LogP contribution in [0.2, 0.25) is 0 Å². The van der Waals surface area contributed by atoms with Gasteiger partial charge in [-0.05, 0) is 37.1 Å². The molecule has 0 atom stereocenters. The number of likely N-dealkylation sites (tertiary alicyclic amines) is 1. The van der Waals surface area contributed by atoms with Gasteiger partial charge in [0.05, 0.1) is 5.56 Å². The molecule has 0 unspecified atom stereocenters. The Morgan fingerprint density at radius 3 is 2.52 bits per heavy atom. The van der Waals surface area contributed by atoms with Crippen LogP contribution in [-0.4, -0.2) is 42.5 Å². The minimum Gasteiger partial charge on any atom is -0.484 e. The van der Waals surface area contributed by atoms with E-state index in [-0.39, 0.29) is 35.8 Å². The molecule has 0 radical (unpaired) electrons. The van der Waals surface area contributed by atoms with Crippen LogP contribution in [0.5, 0.6) is 5.75 Å². The van der Waals surface area contributed by atoms with Gasteiger partial charge in [0.25, 0.3) is 11.8 Å². The summed E-state index contributed by atoms with van der Waals surface area (Å²) in [6.45, 7) is 0.656. The highest BCUT2D eigenvalue weighted by molar-refractivity contribution is 5.94. The summed E-state index contributed by atoms with van der Waals surface area (Å²) < 4.78 is 32.1. The van der Waals surface area contributed by atoms with E-state index in [9.17, 15) is 18.4 Å². The number of halogens is 2. The van der Waals surface area contributed by atoms with Crippen LogP contribution in [0.4, 0.5) is 8.78 Å². The monoisotopic (exact) mass is 374 g/mol. The predicted molar refractivity (Wildman–Crippen MR) is 95.4 cm³/mol. The Bertz CT molecular complexity index is 820. The van der Waals surface area contributed by atoms with Crippen molar-refractivity contribution in [3.8, 4) is 5.75 Å². The molecule has 142 valence electrons. The van der Waals surface area contributed by atoms with E-state index >= 15 is 0 Å². The van der Waals surface area contributed by atoms with Gasteiger partial charge in [-0.25, -0.2) is 8.78 Å².